The van der Waals surface area contributed by atoms with Gasteiger partial charge in [0.25, 0.3) is 0 Å². The topological polar surface area (TPSA) is 48.8 Å². The molecule has 6 nitrogen and oxygen atoms in total. The van der Waals surface area contributed by atoms with Crippen molar-refractivity contribution in [2.24, 2.45) is 0 Å². The molecule has 7 heteroatoms. The van der Waals surface area contributed by atoms with E-state index in [1.807, 2.05) is 35.1 Å². The molecule has 0 unspecified atom stereocenters. The second-order valence-corrected chi connectivity index (χ2v) is 9.47. The van der Waals surface area contributed by atoms with Gasteiger partial charge in [-0.2, -0.15) is 5.10 Å². The number of hydrogen-bond donors (Lipinski definition) is 0. The Hall–Kier alpha value is -2.54. The Morgan fingerprint density at radius 1 is 1.03 bits per heavy atom. The molecule has 1 saturated heterocycles. The molecule has 4 rings (SSSR count). The first-order chi connectivity index (χ1) is 16.5. The van der Waals surface area contributed by atoms with Gasteiger partial charge in [0.2, 0.25) is 0 Å². The van der Waals surface area contributed by atoms with Gasteiger partial charge in [0, 0.05) is 50.9 Å². The molecule has 0 aliphatic carbocycles. The first-order valence-corrected chi connectivity index (χ1v) is 12.3. The second-order valence-electron chi connectivity index (χ2n) is 9.04. The summed E-state index contributed by atoms with van der Waals surface area (Å²) in [6.07, 6.45) is 6.73. The lowest BCUT2D eigenvalue weighted by atomic mass is 9.91. The summed E-state index contributed by atoms with van der Waals surface area (Å²) in [4.78, 5) is 2.47. The molecule has 2 aromatic carbocycles. The zero-order valence-electron chi connectivity index (χ0n) is 20.1. The summed E-state index contributed by atoms with van der Waals surface area (Å²) in [5.41, 5.74) is 2.22. The van der Waals surface area contributed by atoms with Crippen LogP contribution < -0.4 is 9.47 Å². The Morgan fingerprint density at radius 3 is 2.50 bits per heavy atom. The molecule has 2 heterocycles. The van der Waals surface area contributed by atoms with Gasteiger partial charge >= 0.3 is 0 Å². The summed E-state index contributed by atoms with van der Waals surface area (Å²) in [5, 5.41) is 4.99. The van der Waals surface area contributed by atoms with Crippen LogP contribution in [0.4, 0.5) is 0 Å². The number of aromatic nitrogens is 2. The van der Waals surface area contributed by atoms with Crippen molar-refractivity contribution in [2.45, 2.75) is 44.9 Å². The van der Waals surface area contributed by atoms with E-state index in [0.29, 0.717) is 18.2 Å². The molecule has 0 atom stereocenters. The Morgan fingerprint density at radius 2 is 1.82 bits per heavy atom. The number of benzene rings is 2. The molecule has 0 radical (unpaired) electrons. The van der Waals surface area contributed by atoms with E-state index in [9.17, 15) is 0 Å². The van der Waals surface area contributed by atoms with Crippen molar-refractivity contribution in [2.75, 3.05) is 33.4 Å². The molecule has 3 aromatic rings. The third-order valence-corrected chi connectivity index (χ3v) is 6.63. The van der Waals surface area contributed by atoms with Crippen molar-refractivity contribution < 1.29 is 14.2 Å². The Kier molecular flexibility index (Phi) is 8.48. The van der Waals surface area contributed by atoms with Crippen molar-refractivity contribution in [3.63, 3.8) is 0 Å². The summed E-state index contributed by atoms with van der Waals surface area (Å²) >= 11 is 6.07. The van der Waals surface area contributed by atoms with Crippen LogP contribution >= 0.6 is 11.6 Å². The molecule has 1 fully saturated rings. The number of halogens is 1. The molecule has 0 spiro atoms. The summed E-state index contributed by atoms with van der Waals surface area (Å²) in [5.74, 6) is 1.70. The first kappa shape index (κ1) is 24.6. The average Bonchev–Trinajstić information content (AvgIpc) is 3.27. The van der Waals surface area contributed by atoms with Gasteiger partial charge in [0.15, 0.2) is 0 Å². The van der Waals surface area contributed by atoms with Crippen LogP contribution in [0.1, 0.15) is 30.4 Å². The van der Waals surface area contributed by atoms with Gasteiger partial charge in [-0.25, -0.2) is 0 Å². The molecule has 0 bridgehead atoms. The fourth-order valence-electron chi connectivity index (χ4n) is 4.25. The highest BCUT2D eigenvalue weighted by molar-refractivity contribution is 6.30. The van der Waals surface area contributed by atoms with E-state index in [0.717, 1.165) is 56.9 Å². The highest BCUT2D eigenvalue weighted by Gasteiger charge is 2.35. The summed E-state index contributed by atoms with van der Waals surface area (Å²) in [6, 6.07) is 16.0. The van der Waals surface area contributed by atoms with E-state index in [1.54, 1.807) is 7.11 Å². The largest absolute Gasteiger partial charge is 0.494 e. The number of methoxy groups -OCH3 is 1. The Labute approximate surface area is 207 Å². The van der Waals surface area contributed by atoms with Gasteiger partial charge in [-0.15, -0.1) is 0 Å². The van der Waals surface area contributed by atoms with E-state index < -0.39 is 0 Å². The van der Waals surface area contributed by atoms with Crippen LogP contribution in [0, 0.1) is 6.92 Å². The van der Waals surface area contributed by atoms with E-state index in [2.05, 4.69) is 47.4 Å². The molecule has 1 aromatic heterocycles. The quantitative estimate of drug-likeness (QED) is 0.343. The molecule has 1 aliphatic heterocycles. The molecule has 0 N–H and O–H groups in total. The molecular weight excluding hydrogens is 450 g/mol. The number of ether oxygens (including phenoxy) is 3. The van der Waals surface area contributed by atoms with Crippen molar-refractivity contribution in [1.82, 2.24) is 14.7 Å². The third kappa shape index (κ3) is 6.98. The fraction of sp³-hybridized carbons (Fsp3) is 0.444. The number of rotatable bonds is 11. The zero-order chi connectivity index (χ0) is 23.8. The number of aryl methyl sites for hydroxylation is 2. The van der Waals surface area contributed by atoms with Gasteiger partial charge in [-0.3, -0.25) is 9.58 Å². The van der Waals surface area contributed by atoms with Crippen LogP contribution in [-0.2, 0) is 17.8 Å². The van der Waals surface area contributed by atoms with Crippen molar-refractivity contribution in [3.05, 3.63) is 77.1 Å². The normalized spacial score (nSPS) is 15.9. The van der Waals surface area contributed by atoms with Gasteiger partial charge < -0.3 is 14.2 Å². The standard InChI is InChI=1S/C27H34ClN3O3/c1-22-18-29-31(19-22)13-4-16-33-25-9-7-23(8-10-25)20-30-14-11-27(32-2,12-15-30)21-34-26-6-3-5-24(28)17-26/h3,5-10,17-19H,4,11-16,20-21H2,1-2H3. The van der Waals surface area contributed by atoms with Crippen molar-refractivity contribution in [3.8, 4) is 11.5 Å². The maximum absolute atomic E-state index is 6.07. The lowest BCUT2D eigenvalue weighted by Gasteiger charge is -2.40. The van der Waals surface area contributed by atoms with Gasteiger partial charge in [0.05, 0.1) is 12.8 Å². The Bertz CT molecular complexity index is 1030. The van der Waals surface area contributed by atoms with Crippen LogP contribution in [-0.4, -0.2) is 53.7 Å². The van der Waals surface area contributed by atoms with E-state index in [4.69, 9.17) is 25.8 Å². The lowest BCUT2D eigenvalue weighted by Crippen LogP contribution is -2.48. The highest BCUT2D eigenvalue weighted by Crippen LogP contribution is 2.29. The molecule has 0 amide bonds. The SMILES string of the molecule is COC1(COc2cccc(Cl)c2)CCN(Cc2ccc(OCCCn3cc(C)cn3)cc2)CC1. The van der Waals surface area contributed by atoms with E-state index in [-0.39, 0.29) is 5.60 Å². The predicted octanol–water partition coefficient (Wildman–Crippen LogP) is 5.37. The van der Waals surface area contributed by atoms with Gasteiger partial charge in [0.1, 0.15) is 23.7 Å². The maximum Gasteiger partial charge on any atom is 0.120 e. The van der Waals surface area contributed by atoms with Crippen molar-refractivity contribution in [1.29, 1.82) is 0 Å². The summed E-state index contributed by atoms with van der Waals surface area (Å²) < 4.78 is 19.8. The number of nitrogens with zero attached hydrogens (tertiary/aromatic N) is 3. The molecule has 0 saturated carbocycles. The lowest BCUT2D eigenvalue weighted by molar-refractivity contribution is -0.0839. The maximum atomic E-state index is 6.07. The summed E-state index contributed by atoms with van der Waals surface area (Å²) in [7, 11) is 1.78. The number of hydrogen-bond acceptors (Lipinski definition) is 5. The van der Waals surface area contributed by atoms with E-state index in [1.165, 1.54) is 11.1 Å². The second kappa shape index (κ2) is 11.7. The average molecular weight is 484 g/mol. The monoisotopic (exact) mass is 483 g/mol. The van der Waals surface area contributed by atoms with Crippen LogP contribution in [0.15, 0.2) is 60.9 Å². The van der Waals surface area contributed by atoms with E-state index >= 15 is 0 Å². The minimum atomic E-state index is -0.259. The van der Waals surface area contributed by atoms with Gasteiger partial charge in [-0.05, 0) is 61.2 Å². The van der Waals surface area contributed by atoms with Crippen molar-refractivity contribution >= 4 is 11.6 Å². The highest BCUT2D eigenvalue weighted by atomic mass is 35.5. The number of likely N-dealkylation sites (tertiary alicyclic amines) is 1. The molecule has 34 heavy (non-hydrogen) atoms. The molecule has 182 valence electrons. The molecular formula is C27H34ClN3O3. The van der Waals surface area contributed by atoms with Crippen LogP contribution in [0.2, 0.25) is 5.02 Å². The first-order valence-electron chi connectivity index (χ1n) is 11.9. The van der Waals surface area contributed by atoms with Crippen LogP contribution in [0.25, 0.3) is 0 Å². The zero-order valence-corrected chi connectivity index (χ0v) is 20.8. The van der Waals surface area contributed by atoms with Crippen LogP contribution in [0.5, 0.6) is 11.5 Å². The van der Waals surface area contributed by atoms with Gasteiger partial charge in [-0.1, -0.05) is 29.8 Å². The number of piperidine rings is 1. The minimum Gasteiger partial charge on any atom is -0.494 e. The summed E-state index contributed by atoms with van der Waals surface area (Å²) in [6.45, 7) is 7.00. The van der Waals surface area contributed by atoms with Crippen LogP contribution in [0.3, 0.4) is 0 Å². The fourth-order valence-corrected chi connectivity index (χ4v) is 4.43. The minimum absolute atomic E-state index is 0.259. The smallest absolute Gasteiger partial charge is 0.120 e. The Balaban J connectivity index is 1.18. The third-order valence-electron chi connectivity index (χ3n) is 6.39. The molecule has 1 aliphatic rings. The predicted molar refractivity (Wildman–Crippen MR) is 135 cm³/mol.